The number of halogens is 2. The number of carbonyl (C=O) groups excluding carboxylic acids is 3. The summed E-state index contributed by atoms with van der Waals surface area (Å²) in [7, 11) is 2.98. The van der Waals surface area contributed by atoms with Crippen LogP contribution in [0.15, 0.2) is 70.0 Å². The van der Waals surface area contributed by atoms with Gasteiger partial charge in [0, 0.05) is 5.02 Å². The van der Waals surface area contributed by atoms with Crippen molar-refractivity contribution in [2.75, 3.05) is 14.2 Å². The van der Waals surface area contributed by atoms with E-state index in [1.807, 2.05) is 0 Å². The van der Waals surface area contributed by atoms with Crippen molar-refractivity contribution in [1.29, 1.82) is 0 Å². The summed E-state index contributed by atoms with van der Waals surface area (Å²) in [6, 6.07) is 16.7. The van der Waals surface area contributed by atoms with E-state index in [4.69, 9.17) is 25.8 Å². The van der Waals surface area contributed by atoms with Gasteiger partial charge in [0.2, 0.25) is 0 Å². The van der Waals surface area contributed by atoms with Crippen LogP contribution in [0, 0.1) is 0 Å². The first-order valence-electron chi connectivity index (χ1n) is 10.5. The number of amides is 2. The topological polar surface area (TPSA) is 82.1 Å². The summed E-state index contributed by atoms with van der Waals surface area (Å²) in [5.74, 6) is 0.106. The Balaban J connectivity index is 1.54. The number of benzene rings is 3. The summed E-state index contributed by atoms with van der Waals surface area (Å²) in [5.41, 5.74) is 1.71. The molecule has 0 atom stereocenters. The number of hydrogen-bond donors (Lipinski definition) is 0. The lowest BCUT2D eigenvalue weighted by Gasteiger charge is -2.13. The van der Waals surface area contributed by atoms with Gasteiger partial charge in [-0.05, 0) is 93.4 Å². The van der Waals surface area contributed by atoms with Gasteiger partial charge >= 0.3 is 5.97 Å². The van der Waals surface area contributed by atoms with Crippen LogP contribution in [0.2, 0.25) is 5.02 Å². The molecule has 7 nitrogen and oxygen atoms in total. The quantitative estimate of drug-likeness (QED) is 0.175. The first-order valence-corrected chi connectivity index (χ1v) is 12.5. The van der Waals surface area contributed by atoms with Gasteiger partial charge in [0.15, 0.2) is 11.5 Å². The van der Waals surface area contributed by atoms with Crippen molar-refractivity contribution in [2.24, 2.45) is 0 Å². The molecule has 0 unspecified atom stereocenters. The lowest BCUT2D eigenvalue weighted by molar-refractivity contribution is -0.123. The maximum atomic E-state index is 12.9. The molecule has 1 fully saturated rings. The molecule has 2 amide bonds. The Morgan fingerprint density at radius 1 is 1.03 bits per heavy atom. The Hall–Kier alpha value is -3.27. The van der Waals surface area contributed by atoms with Gasteiger partial charge in [-0.15, -0.1) is 0 Å². The van der Waals surface area contributed by atoms with E-state index in [0.717, 1.165) is 17.3 Å². The average Bonchev–Trinajstić information content (AvgIpc) is 3.13. The molecule has 10 heteroatoms. The van der Waals surface area contributed by atoms with E-state index in [1.165, 1.54) is 19.1 Å². The van der Waals surface area contributed by atoms with Gasteiger partial charge in [-0.2, -0.15) is 0 Å². The Labute approximate surface area is 225 Å². The first-order chi connectivity index (χ1) is 17.3. The van der Waals surface area contributed by atoms with Gasteiger partial charge in [-0.1, -0.05) is 23.7 Å². The molecule has 0 aromatic heterocycles. The zero-order valence-electron chi connectivity index (χ0n) is 19.1. The zero-order chi connectivity index (χ0) is 25.8. The number of esters is 1. The monoisotopic (exact) mass is 587 g/mol. The highest BCUT2D eigenvalue weighted by Gasteiger charge is 2.35. The summed E-state index contributed by atoms with van der Waals surface area (Å²) in [6.45, 7) is 0.145. The number of rotatable bonds is 7. The fraction of sp³-hybridized carbons (Fsp3) is 0.115. The summed E-state index contributed by atoms with van der Waals surface area (Å²) in [6.07, 6.45) is 1.59. The SMILES string of the molecule is COc1ccc(C(=O)Oc2c(Br)cc(/C=C3\SC(=O)N(Cc4ccc(Cl)cc4)C3=O)cc2OC)cc1. The van der Waals surface area contributed by atoms with Crippen molar-refractivity contribution in [1.82, 2.24) is 4.90 Å². The zero-order valence-corrected chi connectivity index (χ0v) is 22.3. The summed E-state index contributed by atoms with van der Waals surface area (Å²) in [5, 5.41) is 0.211. The molecule has 1 saturated heterocycles. The molecule has 36 heavy (non-hydrogen) atoms. The van der Waals surface area contributed by atoms with E-state index in [9.17, 15) is 14.4 Å². The van der Waals surface area contributed by atoms with E-state index in [-0.39, 0.29) is 28.2 Å². The van der Waals surface area contributed by atoms with Crippen molar-refractivity contribution in [3.05, 3.63) is 91.8 Å². The molecule has 0 saturated carbocycles. The van der Waals surface area contributed by atoms with Crippen LogP contribution in [0.25, 0.3) is 6.08 Å². The van der Waals surface area contributed by atoms with Crippen LogP contribution < -0.4 is 14.2 Å². The molecule has 3 aromatic carbocycles. The highest BCUT2D eigenvalue weighted by Crippen LogP contribution is 2.40. The molecule has 1 aliphatic heterocycles. The minimum Gasteiger partial charge on any atom is -0.497 e. The van der Waals surface area contributed by atoms with Crippen LogP contribution in [0.3, 0.4) is 0 Å². The van der Waals surface area contributed by atoms with Gasteiger partial charge in [0.1, 0.15) is 5.75 Å². The number of thioether (sulfide) groups is 1. The maximum Gasteiger partial charge on any atom is 0.343 e. The highest BCUT2D eigenvalue weighted by atomic mass is 79.9. The number of methoxy groups -OCH3 is 2. The summed E-state index contributed by atoms with van der Waals surface area (Å²) < 4.78 is 16.5. The summed E-state index contributed by atoms with van der Waals surface area (Å²) >= 11 is 10.2. The van der Waals surface area contributed by atoms with Crippen molar-refractivity contribution in [3.8, 4) is 17.2 Å². The molecule has 0 N–H and O–H groups in total. The van der Waals surface area contributed by atoms with E-state index < -0.39 is 11.9 Å². The molecule has 184 valence electrons. The Kier molecular flexibility index (Phi) is 8.03. The highest BCUT2D eigenvalue weighted by molar-refractivity contribution is 9.10. The smallest absolute Gasteiger partial charge is 0.343 e. The van der Waals surface area contributed by atoms with Crippen molar-refractivity contribution >= 4 is 62.5 Å². The second-order valence-corrected chi connectivity index (χ2v) is 9.83. The lowest BCUT2D eigenvalue weighted by atomic mass is 10.1. The molecule has 1 heterocycles. The van der Waals surface area contributed by atoms with Crippen LogP contribution in [0.1, 0.15) is 21.5 Å². The largest absolute Gasteiger partial charge is 0.497 e. The third-order valence-corrected chi connectivity index (χ3v) is 6.95. The Morgan fingerprint density at radius 3 is 2.36 bits per heavy atom. The molecule has 3 aromatic rings. The van der Waals surface area contributed by atoms with E-state index >= 15 is 0 Å². The number of imide groups is 1. The van der Waals surface area contributed by atoms with Gasteiger partial charge in [-0.25, -0.2) is 4.79 Å². The van der Waals surface area contributed by atoms with Crippen molar-refractivity contribution in [3.63, 3.8) is 0 Å². The second kappa shape index (κ2) is 11.2. The van der Waals surface area contributed by atoms with Gasteiger partial charge < -0.3 is 14.2 Å². The summed E-state index contributed by atoms with van der Waals surface area (Å²) in [4.78, 5) is 39.5. The van der Waals surface area contributed by atoms with Crippen LogP contribution in [0.4, 0.5) is 4.79 Å². The molecule has 1 aliphatic rings. The minimum atomic E-state index is -0.576. The third-order valence-electron chi connectivity index (χ3n) is 5.20. The fourth-order valence-electron chi connectivity index (χ4n) is 3.36. The third kappa shape index (κ3) is 5.75. The molecular weight excluding hydrogens is 570 g/mol. The number of hydrogen-bond acceptors (Lipinski definition) is 7. The number of nitrogens with zero attached hydrogens (tertiary/aromatic N) is 1. The van der Waals surface area contributed by atoms with Crippen LogP contribution in [0.5, 0.6) is 17.2 Å². The van der Waals surface area contributed by atoms with Crippen molar-refractivity contribution in [2.45, 2.75) is 6.54 Å². The maximum absolute atomic E-state index is 12.9. The molecule has 0 radical (unpaired) electrons. The van der Waals surface area contributed by atoms with Crippen LogP contribution >= 0.6 is 39.3 Å². The predicted molar refractivity (Wildman–Crippen MR) is 142 cm³/mol. The molecular formula is C26H19BrClNO6S. The minimum absolute atomic E-state index is 0.145. The molecule has 4 rings (SSSR count). The Bertz CT molecular complexity index is 1360. The van der Waals surface area contributed by atoms with Crippen LogP contribution in [-0.4, -0.2) is 36.2 Å². The normalized spacial score (nSPS) is 14.3. The standard InChI is InChI=1S/C26H19BrClNO6S/c1-33-19-9-5-17(6-10-19)25(31)35-23-20(27)11-16(12-21(23)34-2)13-22-24(30)29(26(32)36-22)14-15-3-7-18(28)8-4-15/h3-13H,14H2,1-2H3/b22-13-. The number of carbonyl (C=O) groups is 3. The van der Waals surface area contributed by atoms with E-state index in [1.54, 1.807) is 66.7 Å². The second-order valence-electron chi connectivity index (χ2n) is 7.55. The lowest BCUT2D eigenvalue weighted by Crippen LogP contribution is -2.27. The van der Waals surface area contributed by atoms with E-state index in [0.29, 0.717) is 26.4 Å². The van der Waals surface area contributed by atoms with Gasteiger partial charge in [0.05, 0.1) is 35.7 Å². The molecule has 0 aliphatic carbocycles. The van der Waals surface area contributed by atoms with Crippen molar-refractivity contribution < 1.29 is 28.6 Å². The molecule has 0 spiro atoms. The molecule has 0 bridgehead atoms. The van der Waals surface area contributed by atoms with Gasteiger partial charge in [-0.3, -0.25) is 14.5 Å². The Morgan fingerprint density at radius 2 is 1.72 bits per heavy atom. The van der Waals surface area contributed by atoms with Crippen LogP contribution in [-0.2, 0) is 11.3 Å². The number of ether oxygens (including phenoxy) is 3. The van der Waals surface area contributed by atoms with Gasteiger partial charge in [0.25, 0.3) is 11.1 Å². The average molecular weight is 589 g/mol. The van der Waals surface area contributed by atoms with E-state index in [2.05, 4.69) is 15.9 Å². The predicted octanol–water partition coefficient (Wildman–Crippen LogP) is 6.58. The first kappa shape index (κ1) is 25.8. The fourth-order valence-corrected chi connectivity index (χ4v) is 4.87.